The summed E-state index contributed by atoms with van der Waals surface area (Å²) in [4.78, 5) is 19.3. The van der Waals surface area contributed by atoms with Crippen LogP contribution >= 0.6 is 11.8 Å². The molecule has 0 atom stereocenters. The second-order valence-corrected chi connectivity index (χ2v) is 4.43. The Morgan fingerprint density at radius 2 is 2.33 bits per heavy atom. The third-order valence-corrected chi connectivity index (χ3v) is 2.88. The first kappa shape index (κ1) is 10.4. The summed E-state index contributed by atoms with van der Waals surface area (Å²) in [7, 11) is 0. The Bertz CT molecular complexity index is 391. The smallest absolute Gasteiger partial charge is 0.309 e. The minimum atomic E-state index is -0.845. The Hall–Kier alpha value is -1.10. The van der Waals surface area contributed by atoms with Gasteiger partial charge in [-0.2, -0.15) is 0 Å². The van der Waals surface area contributed by atoms with E-state index in [2.05, 4.69) is 9.97 Å². The fraction of sp³-hybridized carbons (Fsp3) is 0.500. The molecule has 0 saturated heterocycles. The SMILES string of the molecule is CSc1cc(CC(=O)O)nc(C2CC2)n1. The van der Waals surface area contributed by atoms with Gasteiger partial charge in [-0.1, -0.05) is 0 Å². The van der Waals surface area contributed by atoms with Crippen LogP contribution in [0.25, 0.3) is 0 Å². The van der Waals surface area contributed by atoms with Crippen LogP contribution in [0.1, 0.15) is 30.3 Å². The van der Waals surface area contributed by atoms with E-state index >= 15 is 0 Å². The third-order valence-electron chi connectivity index (χ3n) is 2.26. The molecule has 1 saturated carbocycles. The van der Waals surface area contributed by atoms with Crippen molar-refractivity contribution in [2.45, 2.75) is 30.2 Å². The molecule has 0 bridgehead atoms. The number of carbonyl (C=O) groups is 1. The van der Waals surface area contributed by atoms with E-state index in [0.29, 0.717) is 11.6 Å². The molecule has 1 heterocycles. The molecule has 0 spiro atoms. The fourth-order valence-corrected chi connectivity index (χ4v) is 1.80. The summed E-state index contributed by atoms with van der Waals surface area (Å²) in [5.41, 5.74) is 0.615. The van der Waals surface area contributed by atoms with Gasteiger partial charge in [-0.3, -0.25) is 4.79 Å². The van der Waals surface area contributed by atoms with Crippen molar-refractivity contribution in [2.75, 3.05) is 6.26 Å². The largest absolute Gasteiger partial charge is 0.481 e. The van der Waals surface area contributed by atoms with Crippen molar-refractivity contribution in [1.82, 2.24) is 9.97 Å². The predicted molar refractivity (Wildman–Crippen MR) is 57.1 cm³/mol. The molecular weight excluding hydrogens is 212 g/mol. The molecule has 0 unspecified atom stereocenters. The summed E-state index contributed by atoms with van der Waals surface area (Å²) in [6.45, 7) is 0. The van der Waals surface area contributed by atoms with E-state index in [1.807, 2.05) is 6.26 Å². The molecule has 1 aromatic heterocycles. The molecule has 1 aromatic rings. The molecule has 1 aliphatic rings. The number of rotatable bonds is 4. The monoisotopic (exact) mass is 224 g/mol. The van der Waals surface area contributed by atoms with Gasteiger partial charge in [0.05, 0.1) is 17.1 Å². The fourth-order valence-electron chi connectivity index (χ4n) is 1.37. The van der Waals surface area contributed by atoms with E-state index in [1.54, 1.807) is 6.07 Å². The summed E-state index contributed by atoms with van der Waals surface area (Å²) < 4.78 is 0. The van der Waals surface area contributed by atoms with Gasteiger partial charge in [0, 0.05) is 5.92 Å². The zero-order valence-electron chi connectivity index (χ0n) is 8.43. The van der Waals surface area contributed by atoms with E-state index in [1.165, 1.54) is 11.8 Å². The maximum absolute atomic E-state index is 10.6. The van der Waals surface area contributed by atoms with Crippen LogP contribution in [-0.4, -0.2) is 27.3 Å². The molecule has 80 valence electrons. The zero-order chi connectivity index (χ0) is 10.8. The summed E-state index contributed by atoms with van der Waals surface area (Å²) in [6, 6.07) is 1.75. The van der Waals surface area contributed by atoms with Crippen LogP contribution in [0.3, 0.4) is 0 Å². The van der Waals surface area contributed by atoms with Crippen molar-refractivity contribution in [3.8, 4) is 0 Å². The van der Waals surface area contributed by atoms with E-state index < -0.39 is 5.97 Å². The second kappa shape index (κ2) is 4.18. The van der Waals surface area contributed by atoms with Gasteiger partial charge in [-0.05, 0) is 25.2 Å². The van der Waals surface area contributed by atoms with E-state index in [9.17, 15) is 4.79 Å². The van der Waals surface area contributed by atoms with Crippen molar-refractivity contribution in [3.05, 3.63) is 17.6 Å². The molecular formula is C10H12N2O2S. The van der Waals surface area contributed by atoms with Crippen molar-refractivity contribution in [3.63, 3.8) is 0 Å². The first-order chi connectivity index (χ1) is 7.19. The molecule has 15 heavy (non-hydrogen) atoms. The quantitative estimate of drug-likeness (QED) is 0.623. The molecule has 5 heteroatoms. The van der Waals surface area contributed by atoms with Crippen molar-refractivity contribution in [2.24, 2.45) is 0 Å². The number of thioether (sulfide) groups is 1. The summed E-state index contributed by atoms with van der Waals surface area (Å²) in [5.74, 6) is 0.435. The van der Waals surface area contributed by atoms with Crippen LogP contribution in [0.4, 0.5) is 0 Å². The van der Waals surface area contributed by atoms with Gasteiger partial charge in [0.25, 0.3) is 0 Å². The lowest BCUT2D eigenvalue weighted by Gasteiger charge is -2.03. The van der Waals surface area contributed by atoms with Gasteiger partial charge in [-0.25, -0.2) is 9.97 Å². The lowest BCUT2D eigenvalue weighted by molar-refractivity contribution is -0.136. The Balaban J connectivity index is 2.28. The predicted octanol–water partition coefficient (Wildman–Crippen LogP) is 1.70. The maximum Gasteiger partial charge on any atom is 0.309 e. The number of nitrogens with zero attached hydrogens (tertiary/aromatic N) is 2. The molecule has 0 radical (unpaired) electrons. The summed E-state index contributed by atoms with van der Waals surface area (Å²) in [5, 5.41) is 9.57. The van der Waals surface area contributed by atoms with Gasteiger partial charge >= 0.3 is 5.97 Å². The van der Waals surface area contributed by atoms with Crippen molar-refractivity contribution in [1.29, 1.82) is 0 Å². The van der Waals surface area contributed by atoms with Crippen LogP contribution in [0.15, 0.2) is 11.1 Å². The minimum absolute atomic E-state index is 0.0181. The summed E-state index contributed by atoms with van der Waals surface area (Å²) >= 11 is 1.53. The second-order valence-electron chi connectivity index (χ2n) is 3.60. The number of hydrogen-bond donors (Lipinski definition) is 1. The topological polar surface area (TPSA) is 63.1 Å². The number of carboxylic acids is 1. The molecule has 1 aliphatic carbocycles. The van der Waals surface area contributed by atoms with Crippen LogP contribution < -0.4 is 0 Å². The Morgan fingerprint density at radius 1 is 1.60 bits per heavy atom. The van der Waals surface area contributed by atoms with E-state index in [4.69, 9.17) is 5.11 Å². The minimum Gasteiger partial charge on any atom is -0.481 e. The van der Waals surface area contributed by atoms with Crippen molar-refractivity contribution >= 4 is 17.7 Å². The van der Waals surface area contributed by atoms with Gasteiger partial charge in [0.2, 0.25) is 0 Å². The Labute approximate surface area is 92.1 Å². The molecule has 0 amide bonds. The highest BCUT2D eigenvalue weighted by atomic mass is 32.2. The first-order valence-electron chi connectivity index (χ1n) is 4.82. The van der Waals surface area contributed by atoms with Crippen LogP contribution in [0.5, 0.6) is 0 Å². The average molecular weight is 224 g/mol. The van der Waals surface area contributed by atoms with Gasteiger partial charge in [0.1, 0.15) is 5.82 Å². The maximum atomic E-state index is 10.6. The Morgan fingerprint density at radius 3 is 2.87 bits per heavy atom. The van der Waals surface area contributed by atoms with Gasteiger partial charge < -0.3 is 5.11 Å². The van der Waals surface area contributed by atoms with Crippen LogP contribution in [-0.2, 0) is 11.2 Å². The third kappa shape index (κ3) is 2.68. The summed E-state index contributed by atoms with van der Waals surface area (Å²) in [6.07, 6.45) is 4.17. The van der Waals surface area contributed by atoms with Crippen molar-refractivity contribution < 1.29 is 9.90 Å². The van der Waals surface area contributed by atoms with Gasteiger partial charge in [-0.15, -0.1) is 11.8 Å². The molecule has 1 fully saturated rings. The molecule has 1 N–H and O–H groups in total. The highest BCUT2D eigenvalue weighted by Crippen LogP contribution is 2.38. The lowest BCUT2D eigenvalue weighted by Crippen LogP contribution is -2.06. The number of hydrogen-bond acceptors (Lipinski definition) is 4. The molecule has 0 aromatic carbocycles. The number of aromatic nitrogens is 2. The number of carboxylic acid groups (broad SMARTS) is 1. The average Bonchev–Trinajstić information content (AvgIpc) is 2.99. The van der Waals surface area contributed by atoms with Crippen LogP contribution in [0.2, 0.25) is 0 Å². The molecule has 0 aliphatic heterocycles. The number of aliphatic carboxylic acids is 1. The highest BCUT2D eigenvalue weighted by Gasteiger charge is 2.27. The molecule has 4 nitrogen and oxygen atoms in total. The van der Waals surface area contributed by atoms with Crippen LogP contribution in [0, 0.1) is 0 Å². The Kier molecular flexibility index (Phi) is 2.90. The van der Waals surface area contributed by atoms with Gasteiger partial charge in [0.15, 0.2) is 0 Å². The lowest BCUT2D eigenvalue weighted by atomic mass is 10.3. The first-order valence-corrected chi connectivity index (χ1v) is 6.05. The molecule has 2 rings (SSSR count). The van der Waals surface area contributed by atoms with E-state index in [0.717, 1.165) is 23.7 Å². The zero-order valence-corrected chi connectivity index (χ0v) is 9.25. The highest BCUT2D eigenvalue weighted by molar-refractivity contribution is 7.98. The van der Waals surface area contributed by atoms with E-state index in [-0.39, 0.29) is 6.42 Å². The normalized spacial score (nSPS) is 15.3. The standard InChI is InChI=1S/C10H12N2O2S/c1-15-8-4-7(5-9(13)14)11-10(12-8)6-2-3-6/h4,6H,2-3,5H2,1H3,(H,13,14).